The van der Waals surface area contributed by atoms with Crippen LogP contribution in [0, 0.1) is 6.92 Å². The Morgan fingerprint density at radius 2 is 2.17 bits per heavy atom. The fraction of sp³-hybridized carbons (Fsp3) is 0.667. The molecule has 0 aromatic carbocycles. The second-order valence-electron chi connectivity index (χ2n) is 3.68. The van der Waals surface area contributed by atoms with Gasteiger partial charge in [-0.15, -0.1) is 0 Å². The third kappa shape index (κ3) is 4.60. The lowest BCUT2D eigenvalue weighted by atomic mass is 10.2. The third-order valence-electron chi connectivity index (χ3n) is 2.09. The van der Waals surface area contributed by atoms with E-state index in [0.29, 0.717) is 18.1 Å². The van der Waals surface area contributed by atoms with Crippen LogP contribution in [0.5, 0.6) is 0 Å². The average molecular weight is 265 g/mol. The number of amides is 2. The molecule has 0 saturated carbocycles. The van der Waals surface area contributed by atoms with Gasteiger partial charge in [0.15, 0.2) is 5.82 Å². The molecular formula is C9H14F3N5O. The molecule has 0 aliphatic rings. The van der Waals surface area contributed by atoms with E-state index in [1.54, 1.807) is 19.2 Å². The van der Waals surface area contributed by atoms with E-state index < -0.39 is 24.8 Å². The van der Waals surface area contributed by atoms with E-state index in [-0.39, 0.29) is 0 Å². The van der Waals surface area contributed by atoms with Crippen molar-refractivity contribution >= 4 is 6.03 Å². The Balaban J connectivity index is 2.51. The van der Waals surface area contributed by atoms with E-state index in [9.17, 15) is 18.0 Å². The normalized spacial score (nSPS) is 13.2. The fourth-order valence-corrected chi connectivity index (χ4v) is 1.25. The molecule has 0 aliphatic carbocycles. The summed E-state index contributed by atoms with van der Waals surface area (Å²) in [6.07, 6.45) is -3.96. The van der Waals surface area contributed by atoms with Gasteiger partial charge in [-0.25, -0.2) is 9.78 Å². The van der Waals surface area contributed by atoms with Crippen LogP contribution in [0.25, 0.3) is 0 Å². The minimum atomic E-state index is -4.43. The van der Waals surface area contributed by atoms with Gasteiger partial charge in [0, 0.05) is 0 Å². The van der Waals surface area contributed by atoms with Gasteiger partial charge in [-0.3, -0.25) is 5.10 Å². The van der Waals surface area contributed by atoms with Gasteiger partial charge in [-0.2, -0.15) is 18.3 Å². The standard InChI is InChI=1S/C9H14F3N5O/c1-3-6(7-14-5(2)16-17-7)15-8(18)13-4-9(10,11)12/h6H,3-4H2,1-2H3,(H2,13,15,18)(H,14,16,17)/t6-/m0/s1. The molecule has 2 amide bonds. The molecule has 1 aromatic rings. The Hall–Kier alpha value is -1.80. The Bertz CT molecular complexity index is 403. The Kier molecular flexibility index (Phi) is 4.51. The highest BCUT2D eigenvalue weighted by Crippen LogP contribution is 2.13. The molecule has 1 atom stereocenters. The summed E-state index contributed by atoms with van der Waals surface area (Å²) >= 11 is 0. The quantitative estimate of drug-likeness (QED) is 0.770. The van der Waals surface area contributed by atoms with Crippen molar-refractivity contribution in [3.8, 4) is 0 Å². The van der Waals surface area contributed by atoms with Crippen molar-refractivity contribution in [3.63, 3.8) is 0 Å². The van der Waals surface area contributed by atoms with Crippen molar-refractivity contribution in [2.75, 3.05) is 6.54 Å². The van der Waals surface area contributed by atoms with Crippen LogP contribution in [-0.2, 0) is 0 Å². The van der Waals surface area contributed by atoms with Gasteiger partial charge in [-0.1, -0.05) is 6.92 Å². The average Bonchev–Trinajstić information content (AvgIpc) is 2.69. The lowest BCUT2D eigenvalue weighted by Crippen LogP contribution is -2.42. The summed E-state index contributed by atoms with van der Waals surface area (Å²) in [5.41, 5.74) is 0. The number of urea groups is 1. The number of aromatic nitrogens is 3. The minimum Gasteiger partial charge on any atom is -0.329 e. The summed E-state index contributed by atoms with van der Waals surface area (Å²) in [7, 11) is 0. The van der Waals surface area contributed by atoms with Gasteiger partial charge < -0.3 is 10.6 Å². The lowest BCUT2D eigenvalue weighted by molar-refractivity contribution is -0.122. The first-order chi connectivity index (χ1) is 8.31. The molecule has 0 fully saturated rings. The van der Waals surface area contributed by atoms with Crippen LogP contribution < -0.4 is 10.6 Å². The van der Waals surface area contributed by atoms with Crippen molar-refractivity contribution in [1.82, 2.24) is 25.8 Å². The number of aromatic amines is 1. The third-order valence-corrected chi connectivity index (χ3v) is 2.09. The van der Waals surface area contributed by atoms with E-state index in [1.165, 1.54) is 0 Å². The van der Waals surface area contributed by atoms with E-state index in [2.05, 4.69) is 20.5 Å². The summed E-state index contributed by atoms with van der Waals surface area (Å²) in [6, 6.07) is -1.43. The molecular weight excluding hydrogens is 251 g/mol. The summed E-state index contributed by atoms with van der Waals surface area (Å²) in [5.74, 6) is 0.915. The highest BCUT2D eigenvalue weighted by atomic mass is 19.4. The van der Waals surface area contributed by atoms with E-state index in [0.717, 1.165) is 0 Å². The van der Waals surface area contributed by atoms with E-state index >= 15 is 0 Å². The maximum absolute atomic E-state index is 11.9. The second-order valence-corrected chi connectivity index (χ2v) is 3.68. The van der Waals surface area contributed by atoms with Gasteiger partial charge in [0.25, 0.3) is 0 Å². The Morgan fingerprint density at radius 3 is 2.61 bits per heavy atom. The maximum atomic E-state index is 11.9. The van der Waals surface area contributed by atoms with Crippen LogP contribution >= 0.6 is 0 Å². The first-order valence-electron chi connectivity index (χ1n) is 5.32. The first-order valence-corrected chi connectivity index (χ1v) is 5.32. The molecule has 0 bridgehead atoms. The maximum Gasteiger partial charge on any atom is 0.405 e. The Labute approximate surface area is 101 Å². The number of nitrogens with one attached hydrogen (secondary N) is 3. The molecule has 0 radical (unpaired) electrons. The van der Waals surface area contributed by atoms with Gasteiger partial charge in [0.1, 0.15) is 12.4 Å². The number of hydrogen-bond donors (Lipinski definition) is 3. The number of aryl methyl sites for hydroxylation is 1. The number of nitrogens with zero attached hydrogens (tertiary/aromatic N) is 2. The number of halogens is 3. The Morgan fingerprint density at radius 1 is 1.50 bits per heavy atom. The zero-order valence-electron chi connectivity index (χ0n) is 9.93. The summed E-state index contributed by atoms with van der Waals surface area (Å²) in [6.45, 7) is 2.08. The van der Waals surface area contributed by atoms with E-state index in [1.807, 2.05) is 0 Å². The number of alkyl halides is 3. The monoisotopic (exact) mass is 265 g/mol. The van der Waals surface area contributed by atoms with Gasteiger partial charge in [0.2, 0.25) is 0 Å². The smallest absolute Gasteiger partial charge is 0.329 e. The molecule has 6 nitrogen and oxygen atoms in total. The molecule has 1 heterocycles. The van der Waals surface area contributed by atoms with Crippen molar-refractivity contribution in [1.29, 1.82) is 0 Å². The minimum absolute atomic E-state index is 0.345. The number of H-pyrrole nitrogens is 1. The second kappa shape index (κ2) is 5.69. The number of carbonyl (C=O) groups excluding carboxylic acids is 1. The predicted octanol–water partition coefficient (Wildman–Crippen LogP) is 1.43. The molecule has 1 aromatic heterocycles. The van der Waals surface area contributed by atoms with Gasteiger partial charge in [0.05, 0.1) is 6.04 Å². The largest absolute Gasteiger partial charge is 0.405 e. The van der Waals surface area contributed by atoms with Crippen LogP contribution in [0.15, 0.2) is 0 Å². The van der Waals surface area contributed by atoms with Crippen molar-refractivity contribution < 1.29 is 18.0 Å². The van der Waals surface area contributed by atoms with Crippen LogP contribution in [0.2, 0.25) is 0 Å². The topological polar surface area (TPSA) is 82.7 Å². The molecule has 0 aliphatic heterocycles. The van der Waals surface area contributed by atoms with Crippen LogP contribution in [0.3, 0.4) is 0 Å². The highest BCUT2D eigenvalue weighted by Gasteiger charge is 2.28. The lowest BCUT2D eigenvalue weighted by Gasteiger charge is -2.15. The van der Waals surface area contributed by atoms with Crippen LogP contribution in [-0.4, -0.2) is 33.9 Å². The van der Waals surface area contributed by atoms with E-state index in [4.69, 9.17) is 0 Å². The molecule has 18 heavy (non-hydrogen) atoms. The number of rotatable bonds is 4. The summed E-state index contributed by atoms with van der Waals surface area (Å²) < 4.78 is 35.7. The SMILES string of the molecule is CC[C@H](NC(=O)NCC(F)(F)F)c1n[nH]c(C)n1. The van der Waals surface area contributed by atoms with Crippen molar-refractivity contribution in [3.05, 3.63) is 11.6 Å². The molecule has 1 rings (SSSR count). The molecule has 3 N–H and O–H groups in total. The van der Waals surface area contributed by atoms with Crippen LogP contribution in [0.1, 0.15) is 31.0 Å². The van der Waals surface area contributed by atoms with Crippen molar-refractivity contribution in [2.24, 2.45) is 0 Å². The summed E-state index contributed by atoms with van der Waals surface area (Å²) in [5, 5.41) is 10.5. The zero-order valence-corrected chi connectivity index (χ0v) is 9.93. The fourth-order valence-electron chi connectivity index (χ4n) is 1.25. The zero-order chi connectivity index (χ0) is 13.8. The molecule has 0 spiro atoms. The highest BCUT2D eigenvalue weighted by molar-refractivity contribution is 5.74. The molecule has 0 unspecified atom stereocenters. The first kappa shape index (κ1) is 14.3. The van der Waals surface area contributed by atoms with Gasteiger partial charge >= 0.3 is 12.2 Å². The van der Waals surface area contributed by atoms with Gasteiger partial charge in [-0.05, 0) is 13.3 Å². The van der Waals surface area contributed by atoms with Crippen LogP contribution in [0.4, 0.5) is 18.0 Å². The molecule has 102 valence electrons. The number of carbonyl (C=O) groups is 1. The number of hydrogen-bond acceptors (Lipinski definition) is 3. The molecule has 9 heteroatoms. The predicted molar refractivity (Wildman–Crippen MR) is 56.7 cm³/mol. The van der Waals surface area contributed by atoms with Crippen molar-refractivity contribution in [2.45, 2.75) is 32.5 Å². The summed E-state index contributed by atoms with van der Waals surface area (Å²) in [4.78, 5) is 15.3. The molecule has 0 saturated heterocycles.